The Hall–Kier alpha value is -2.55. The van der Waals surface area contributed by atoms with E-state index < -0.39 is 17.4 Å². The van der Waals surface area contributed by atoms with Gasteiger partial charge in [-0.05, 0) is 70.3 Å². The van der Waals surface area contributed by atoms with Crippen LogP contribution in [-0.2, 0) is 0 Å². The number of ether oxygens (including phenoxy) is 1. The van der Waals surface area contributed by atoms with E-state index in [-0.39, 0.29) is 29.9 Å². The molecule has 6 nitrogen and oxygen atoms in total. The molecule has 3 aliphatic heterocycles. The van der Waals surface area contributed by atoms with Crippen LogP contribution in [0.25, 0.3) is 0 Å². The number of benzene rings is 1. The number of piperazine rings is 1. The van der Waals surface area contributed by atoms with Crippen LogP contribution in [0.4, 0.5) is 13.2 Å². The number of rotatable bonds is 4. The lowest BCUT2D eigenvalue weighted by atomic mass is 9.67. The highest BCUT2D eigenvalue weighted by molar-refractivity contribution is 5.94. The van der Waals surface area contributed by atoms with Gasteiger partial charge in [-0.3, -0.25) is 9.69 Å². The van der Waals surface area contributed by atoms with Gasteiger partial charge in [-0.25, -0.2) is 0 Å². The number of piperidine rings is 1. The molecular weight excluding hydrogens is 481 g/mol. The average Bonchev–Trinajstić information content (AvgIpc) is 2.83. The van der Waals surface area contributed by atoms with Crippen molar-refractivity contribution in [1.82, 2.24) is 14.7 Å². The minimum Gasteiger partial charge on any atom is -0.491 e. The summed E-state index contributed by atoms with van der Waals surface area (Å²) in [6.07, 6.45) is 0.0509. The van der Waals surface area contributed by atoms with Crippen molar-refractivity contribution in [2.24, 2.45) is 16.8 Å². The molecule has 0 bridgehead atoms. The number of amides is 1. The first kappa shape index (κ1) is 27.5. The summed E-state index contributed by atoms with van der Waals surface area (Å²) in [5, 5.41) is 0. The zero-order chi connectivity index (χ0) is 27.1. The normalized spacial score (nSPS) is 26.5. The summed E-state index contributed by atoms with van der Waals surface area (Å²) in [6, 6.07) is 5.13. The molecule has 0 radical (unpaired) electrons. The maximum absolute atomic E-state index is 14.1. The summed E-state index contributed by atoms with van der Waals surface area (Å²) in [6.45, 7) is 9.55. The molecule has 3 aliphatic rings. The van der Waals surface area contributed by atoms with E-state index in [0.717, 1.165) is 11.3 Å². The first-order valence-corrected chi connectivity index (χ1v) is 13.1. The molecule has 204 valence electrons. The van der Waals surface area contributed by atoms with E-state index >= 15 is 0 Å². The topological polar surface area (TPSA) is 48.4 Å². The molecule has 9 heteroatoms. The van der Waals surface area contributed by atoms with E-state index in [4.69, 9.17) is 4.74 Å². The van der Waals surface area contributed by atoms with Crippen LogP contribution in [-0.4, -0.2) is 91.0 Å². The highest BCUT2D eigenvalue weighted by Gasteiger charge is 2.58. The number of nitrogens with zero attached hydrogens (tertiary/aromatic N) is 4. The molecule has 3 atom stereocenters. The molecule has 0 saturated carbocycles. The van der Waals surface area contributed by atoms with Gasteiger partial charge >= 0.3 is 6.18 Å². The lowest BCUT2D eigenvalue weighted by molar-refractivity contribution is -0.147. The number of fused-ring (bicyclic) bond motifs is 2. The van der Waals surface area contributed by atoms with E-state index in [0.29, 0.717) is 44.6 Å². The molecule has 0 aromatic heterocycles. The third-order valence-corrected chi connectivity index (χ3v) is 8.34. The minimum absolute atomic E-state index is 0.0439. The Labute approximate surface area is 218 Å². The number of halogens is 3. The Morgan fingerprint density at radius 3 is 2.43 bits per heavy atom. The molecule has 3 unspecified atom stereocenters. The fourth-order valence-electron chi connectivity index (χ4n) is 6.49. The van der Waals surface area contributed by atoms with Crippen molar-refractivity contribution in [3.8, 4) is 5.75 Å². The second kappa shape index (κ2) is 10.3. The minimum atomic E-state index is -4.40. The highest BCUT2D eigenvalue weighted by atomic mass is 19.4. The molecule has 1 aromatic carbocycles. The predicted octanol–water partition coefficient (Wildman–Crippen LogP) is 4.79. The van der Waals surface area contributed by atoms with Gasteiger partial charge in [0.1, 0.15) is 11.4 Å². The van der Waals surface area contributed by atoms with Crippen molar-refractivity contribution < 1.29 is 22.7 Å². The Morgan fingerprint density at radius 2 is 1.86 bits per heavy atom. The van der Waals surface area contributed by atoms with Crippen LogP contribution in [0.15, 0.2) is 35.0 Å². The van der Waals surface area contributed by atoms with Crippen molar-refractivity contribution in [2.75, 3.05) is 40.3 Å². The van der Waals surface area contributed by atoms with Crippen LogP contribution in [0, 0.1) is 18.8 Å². The van der Waals surface area contributed by atoms with E-state index in [1.807, 2.05) is 58.0 Å². The van der Waals surface area contributed by atoms with Crippen LogP contribution in [0.1, 0.15) is 49.5 Å². The number of allylic oxidation sites excluding steroid dienone is 2. The maximum atomic E-state index is 14.1. The monoisotopic (exact) mass is 520 g/mol. The van der Waals surface area contributed by atoms with Gasteiger partial charge in [0.25, 0.3) is 5.91 Å². The standard InChI is InChI=1S/C28H39F3N4O2/c1-18(2)37-23-8-7-21(15-20(23)4)26(36)34-11-9-27(10-12-34)25-22(17-32-5)19(3)16-24(28(29,30)31)35(25)14-13-33(27)6/h7-8,15-19,22,25H,9-14H2,1-6H3. The molecule has 2 saturated heterocycles. The molecule has 2 fully saturated rings. The fourth-order valence-corrected chi connectivity index (χ4v) is 6.49. The predicted molar refractivity (Wildman–Crippen MR) is 139 cm³/mol. The quantitative estimate of drug-likeness (QED) is 0.536. The summed E-state index contributed by atoms with van der Waals surface area (Å²) in [4.78, 5) is 23.3. The van der Waals surface area contributed by atoms with Crippen molar-refractivity contribution >= 4 is 12.1 Å². The Kier molecular flexibility index (Phi) is 7.66. The van der Waals surface area contributed by atoms with E-state index in [2.05, 4.69) is 9.89 Å². The Morgan fingerprint density at radius 1 is 1.19 bits per heavy atom. The summed E-state index contributed by atoms with van der Waals surface area (Å²) >= 11 is 0. The van der Waals surface area contributed by atoms with Gasteiger partial charge in [-0.15, -0.1) is 0 Å². The molecule has 4 rings (SSSR count). The molecule has 1 amide bonds. The van der Waals surface area contributed by atoms with Gasteiger partial charge in [0.05, 0.1) is 12.1 Å². The number of likely N-dealkylation sites (N-methyl/N-ethyl adjacent to an activating group) is 1. The van der Waals surface area contributed by atoms with Gasteiger partial charge in [-0.2, -0.15) is 13.2 Å². The first-order valence-electron chi connectivity index (χ1n) is 13.1. The number of aliphatic imine (C=N–C) groups is 1. The number of likely N-dealkylation sites (tertiary alicyclic amines) is 1. The largest absolute Gasteiger partial charge is 0.491 e. The molecule has 0 aliphatic carbocycles. The van der Waals surface area contributed by atoms with Crippen molar-refractivity contribution in [3.63, 3.8) is 0 Å². The maximum Gasteiger partial charge on any atom is 0.430 e. The molecule has 1 spiro atoms. The zero-order valence-electron chi connectivity index (χ0n) is 22.7. The van der Waals surface area contributed by atoms with Crippen LogP contribution in [0.5, 0.6) is 5.75 Å². The van der Waals surface area contributed by atoms with Crippen molar-refractivity contribution in [1.29, 1.82) is 0 Å². The van der Waals surface area contributed by atoms with E-state index in [9.17, 15) is 18.0 Å². The second-order valence-electron chi connectivity index (χ2n) is 11.0. The molecule has 37 heavy (non-hydrogen) atoms. The van der Waals surface area contributed by atoms with Crippen LogP contribution in [0.3, 0.4) is 0 Å². The summed E-state index contributed by atoms with van der Waals surface area (Å²) < 4.78 is 48.2. The number of carbonyl (C=O) groups excluding carboxylic acids is 1. The third kappa shape index (κ3) is 5.11. The van der Waals surface area contributed by atoms with Gasteiger partial charge in [0.15, 0.2) is 0 Å². The second-order valence-corrected chi connectivity index (χ2v) is 11.0. The first-order chi connectivity index (χ1) is 17.4. The van der Waals surface area contributed by atoms with Gasteiger partial charge < -0.3 is 19.5 Å². The van der Waals surface area contributed by atoms with Gasteiger partial charge in [0, 0.05) is 56.5 Å². The van der Waals surface area contributed by atoms with Crippen LogP contribution < -0.4 is 4.74 Å². The highest BCUT2D eigenvalue weighted by Crippen LogP contribution is 2.48. The van der Waals surface area contributed by atoms with E-state index in [1.54, 1.807) is 18.0 Å². The lowest BCUT2D eigenvalue weighted by Gasteiger charge is -2.62. The molecule has 0 N–H and O–H groups in total. The number of aryl methyl sites for hydroxylation is 1. The van der Waals surface area contributed by atoms with Crippen LogP contribution in [0.2, 0.25) is 0 Å². The SMILES string of the molecule is CN=CC1C(C)C=C(C(F)(F)F)N2CCN(C)C3(CCN(C(=O)c4ccc(OC(C)C)c(C)c4)CC3)C12. The molecular formula is C28H39F3N4O2. The number of hydrogen-bond acceptors (Lipinski definition) is 5. The van der Waals surface area contributed by atoms with Crippen molar-refractivity contribution in [3.05, 3.63) is 41.1 Å². The summed E-state index contributed by atoms with van der Waals surface area (Å²) in [5.41, 5.74) is 0.494. The van der Waals surface area contributed by atoms with Crippen LogP contribution >= 0.6 is 0 Å². The summed E-state index contributed by atoms with van der Waals surface area (Å²) in [5.74, 6) is 0.275. The van der Waals surface area contributed by atoms with Gasteiger partial charge in [0.2, 0.25) is 0 Å². The average molecular weight is 521 g/mol. The van der Waals surface area contributed by atoms with Gasteiger partial charge in [-0.1, -0.05) is 13.0 Å². The fraction of sp³-hybridized carbons (Fsp3) is 0.643. The zero-order valence-corrected chi connectivity index (χ0v) is 22.7. The Balaban J connectivity index is 1.59. The number of alkyl halides is 3. The Bertz CT molecular complexity index is 1060. The third-order valence-electron chi connectivity index (χ3n) is 8.34. The van der Waals surface area contributed by atoms with E-state index in [1.165, 1.54) is 6.08 Å². The lowest BCUT2D eigenvalue weighted by Crippen LogP contribution is -2.73. The smallest absolute Gasteiger partial charge is 0.430 e. The summed E-state index contributed by atoms with van der Waals surface area (Å²) in [7, 11) is 3.70. The number of carbonyl (C=O) groups is 1. The number of hydrogen-bond donors (Lipinski definition) is 0. The molecule has 3 heterocycles. The molecule has 1 aromatic rings. The van der Waals surface area contributed by atoms with Crippen molar-refractivity contribution in [2.45, 2.75) is 64.4 Å².